The standard InChI is InChI=1S/C34H45N3O2.C2H6.H2O/c1-4-38-20-17-35-34-30-13-14-31(36-33(30)23-32(37-34)27-15-18-39-19-16-27)29-12-11-25(3)28(22-29)10-6-9-26-8-5-7-24(2)21-26;1-2;/h5,7,11-14,21,23,26-27,29H,4,6,8-10,15-20,22H2,1-3H3,(H,35,37);1-2H3;1H2. The van der Waals surface area contributed by atoms with Gasteiger partial charge in [-0.05, 0) is 89.8 Å². The van der Waals surface area contributed by atoms with E-state index in [1.807, 2.05) is 20.8 Å². The molecule has 2 aromatic heterocycles. The number of fused-ring (bicyclic) bond motifs is 1. The molecule has 0 spiro atoms. The molecule has 2 aliphatic carbocycles. The zero-order valence-electron chi connectivity index (χ0n) is 26.5. The summed E-state index contributed by atoms with van der Waals surface area (Å²) >= 11 is 0. The van der Waals surface area contributed by atoms with Crippen molar-refractivity contribution in [3.8, 4) is 0 Å². The molecule has 3 aliphatic rings. The molecular weight excluding hydrogens is 522 g/mol. The molecule has 6 heteroatoms. The van der Waals surface area contributed by atoms with Crippen molar-refractivity contribution in [3.63, 3.8) is 0 Å². The number of nitrogens with one attached hydrogen (secondary N) is 1. The van der Waals surface area contributed by atoms with Gasteiger partial charge in [0, 0.05) is 55.0 Å². The summed E-state index contributed by atoms with van der Waals surface area (Å²) in [4.78, 5) is 10.3. The van der Waals surface area contributed by atoms with E-state index < -0.39 is 0 Å². The largest absolute Gasteiger partial charge is 0.412 e. The van der Waals surface area contributed by atoms with E-state index in [9.17, 15) is 0 Å². The minimum absolute atomic E-state index is 0. The highest BCUT2D eigenvalue weighted by Gasteiger charge is 2.22. The van der Waals surface area contributed by atoms with Crippen LogP contribution in [0.2, 0.25) is 0 Å². The SMILES string of the molecule is CC.CCOCCNc1nc(C2CCOCC2)cc2nc(C3C=CC(C)=C(CCCC4C=C(C)C=CC4)C3)ccc12.O. The van der Waals surface area contributed by atoms with Crippen LogP contribution in [0, 0.1) is 5.92 Å². The summed E-state index contributed by atoms with van der Waals surface area (Å²) in [7, 11) is 0. The Balaban J connectivity index is 0.00000158. The smallest absolute Gasteiger partial charge is 0.135 e. The van der Waals surface area contributed by atoms with Gasteiger partial charge in [0.05, 0.1) is 12.1 Å². The molecule has 1 saturated heterocycles. The normalized spacial score (nSPS) is 20.5. The first-order valence-electron chi connectivity index (χ1n) is 16.0. The molecule has 0 amide bonds. The lowest BCUT2D eigenvalue weighted by Gasteiger charge is -2.24. The number of pyridine rings is 2. The molecule has 3 N–H and O–H groups in total. The van der Waals surface area contributed by atoms with Crippen molar-refractivity contribution in [1.82, 2.24) is 9.97 Å². The van der Waals surface area contributed by atoms with Crippen molar-refractivity contribution < 1.29 is 14.9 Å². The van der Waals surface area contributed by atoms with Crippen LogP contribution < -0.4 is 5.32 Å². The molecule has 5 rings (SSSR count). The van der Waals surface area contributed by atoms with E-state index in [0.717, 1.165) is 73.7 Å². The first kappa shape index (κ1) is 33.7. The first-order valence-corrected chi connectivity index (χ1v) is 16.0. The fourth-order valence-corrected chi connectivity index (χ4v) is 6.17. The van der Waals surface area contributed by atoms with E-state index in [4.69, 9.17) is 19.4 Å². The lowest BCUT2D eigenvalue weighted by Crippen LogP contribution is -2.17. The number of nitrogens with zero attached hydrogens (tertiary/aromatic N) is 2. The third kappa shape index (κ3) is 9.10. The van der Waals surface area contributed by atoms with Crippen LogP contribution >= 0.6 is 0 Å². The fraction of sp³-hybridized carbons (Fsp3) is 0.556. The topological polar surface area (TPSA) is 87.8 Å². The molecule has 0 bridgehead atoms. The summed E-state index contributed by atoms with van der Waals surface area (Å²) in [5.41, 5.74) is 7.77. The van der Waals surface area contributed by atoms with Gasteiger partial charge in [-0.15, -0.1) is 0 Å². The molecular formula is C36H53N3O3. The molecule has 6 nitrogen and oxygen atoms in total. The van der Waals surface area contributed by atoms with E-state index in [0.29, 0.717) is 24.4 Å². The van der Waals surface area contributed by atoms with Crippen LogP contribution in [0.5, 0.6) is 0 Å². The molecule has 42 heavy (non-hydrogen) atoms. The Morgan fingerprint density at radius 1 is 1.05 bits per heavy atom. The minimum atomic E-state index is 0. The van der Waals surface area contributed by atoms with E-state index in [1.54, 1.807) is 5.57 Å². The molecule has 3 heterocycles. The van der Waals surface area contributed by atoms with Gasteiger partial charge in [-0.2, -0.15) is 0 Å². The molecule has 2 aromatic rings. The predicted octanol–water partition coefficient (Wildman–Crippen LogP) is 8.23. The maximum absolute atomic E-state index is 5.62. The first-order chi connectivity index (χ1) is 20.1. The van der Waals surface area contributed by atoms with Crippen molar-refractivity contribution in [2.75, 3.05) is 38.3 Å². The zero-order chi connectivity index (χ0) is 29.0. The number of hydrogen-bond donors (Lipinski definition) is 1. The van der Waals surface area contributed by atoms with E-state index >= 15 is 0 Å². The van der Waals surface area contributed by atoms with Gasteiger partial charge >= 0.3 is 0 Å². The third-order valence-electron chi connectivity index (χ3n) is 8.46. The van der Waals surface area contributed by atoms with Crippen LogP contribution in [-0.2, 0) is 9.47 Å². The molecule has 1 aliphatic heterocycles. The number of ether oxygens (including phenoxy) is 2. The van der Waals surface area contributed by atoms with E-state index in [1.165, 1.54) is 36.8 Å². The minimum Gasteiger partial charge on any atom is -0.412 e. The third-order valence-corrected chi connectivity index (χ3v) is 8.46. The average molecular weight is 576 g/mol. The van der Waals surface area contributed by atoms with Crippen LogP contribution in [0.1, 0.15) is 103 Å². The van der Waals surface area contributed by atoms with Crippen LogP contribution in [0.3, 0.4) is 0 Å². The van der Waals surface area contributed by atoms with Gasteiger partial charge < -0.3 is 20.3 Å². The summed E-state index contributed by atoms with van der Waals surface area (Å²) in [5.74, 6) is 2.36. The van der Waals surface area contributed by atoms with Crippen molar-refractivity contribution in [2.45, 2.75) is 91.4 Å². The number of hydrogen-bond acceptors (Lipinski definition) is 5. The molecule has 230 valence electrons. The van der Waals surface area contributed by atoms with E-state index in [-0.39, 0.29) is 5.48 Å². The second kappa shape index (κ2) is 17.3. The monoisotopic (exact) mass is 575 g/mol. The second-order valence-corrected chi connectivity index (χ2v) is 11.4. The van der Waals surface area contributed by atoms with Gasteiger partial charge in [-0.25, -0.2) is 4.98 Å². The summed E-state index contributed by atoms with van der Waals surface area (Å²) in [6, 6.07) is 6.65. The number of aromatic nitrogens is 2. The van der Waals surface area contributed by atoms with Gasteiger partial charge in [-0.1, -0.05) is 60.9 Å². The van der Waals surface area contributed by atoms with Crippen LogP contribution in [0.15, 0.2) is 65.3 Å². The highest BCUT2D eigenvalue weighted by atomic mass is 16.5. The molecule has 0 radical (unpaired) electrons. The van der Waals surface area contributed by atoms with Crippen LogP contribution in [0.4, 0.5) is 5.82 Å². The van der Waals surface area contributed by atoms with Gasteiger partial charge in [0.15, 0.2) is 0 Å². The maximum atomic E-state index is 5.62. The molecule has 2 unspecified atom stereocenters. The van der Waals surface area contributed by atoms with Crippen molar-refractivity contribution in [3.05, 3.63) is 76.7 Å². The lowest BCUT2D eigenvalue weighted by molar-refractivity contribution is 0.0845. The number of rotatable bonds is 11. The van der Waals surface area contributed by atoms with Gasteiger partial charge in [0.25, 0.3) is 0 Å². The van der Waals surface area contributed by atoms with Crippen molar-refractivity contribution in [2.24, 2.45) is 5.92 Å². The Kier molecular flexibility index (Phi) is 13.9. The molecule has 0 saturated carbocycles. The van der Waals surface area contributed by atoms with Crippen LogP contribution in [-0.4, -0.2) is 48.4 Å². The molecule has 2 atom stereocenters. The number of allylic oxidation sites excluding steroid dienone is 8. The molecule has 0 aromatic carbocycles. The number of anilines is 1. The Morgan fingerprint density at radius 3 is 2.62 bits per heavy atom. The summed E-state index contributed by atoms with van der Waals surface area (Å²) < 4.78 is 11.2. The Bertz CT molecular complexity index is 1260. The van der Waals surface area contributed by atoms with E-state index in [2.05, 4.69) is 67.7 Å². The second-order valence-electron chi connectivity index (χ2n) is 11.4. The van der Waals surface area contributed by atoms with Gasteiger partial charge in [0.2, 0.25) is 0 Å². The summed E-state index contributed by atoms with van der Waals surface area (Å²) in [6.07, 6.45) is 19.7. The van der Waals surface area contributed by atoms with Crippen LogP contribution in [0.25, 0.3) is 10.9 Å². The zero-order valence-corrected chi connectivity index (χ0v) is 26.5. The maximum Gasteiger partial charge on any atom is 0.135 e. The van der Waals surface area contributed by atoms with Crippen molar-refractivity contribution in [1.29, 1.82) is 0 Å². The average Bonchev–Trinajstić information content (AvgIpc) is 3.01. The summed E-state index contributed by atoms with van der Waals surface area (Å²) in [6.45, 7) is 14.3. The fourth-order valence-electron chi connectivity index (χ4n) is 6.17. The highest BCUT2D eigenvalue weighted by Crippen LogP contribution is 2.36. The lowest BCUT2D eigenvalue weighted by atomic mass is 9.84. The molecule has 1 fully saturated rings. The van der Waals surface area contributed by atoms with Gasteiger partial charge in [0.1, 0.15) is 5.82 Å². The van der Waals surface area contributed by atoms with Gasteiger partial charge in [-0.3, -0.25) is 4.98 Å². The predicted molar refractivity (Wildman–Crippen MR) is 176 cm³/mol. The Labute approximate surface area is 253 Å². The highest BCUT2D eigenvalue weighted by molar-refractivity contribution is 5.89. The Morgan fingerprint density at radius 2 is 1.86 bits per heavy atom. The summed E-state index contributed by atoms with van der Waals surface area (Å²) in [5, 5.41) is 4.62. The van der Waals surface area contributed by atoms with Crippen molar-refractivity contribution >= 4 is 16.7 Å². The quantitative estimate of drug-likeness (QED) is 0.273. The Hall–Kier alpha value is -2.80.